The molecule has 1 aromatic carbocycles. The second-order valence-corrected chi connectivity index (χ2v) is 8.02. The molecule has 4 N–H and O–H groups in total. The molecule has 0 unspecified atom stereocenters. The normalized spacial score (nSPS) is 14.8. The lowest BCUT2D eigenvalue weighted by Crippen LogP contribution is -2.23. The van der Waals surface area contributed by atoms with Gasteiger partial charge in [0.15, 0.2) is 28.6 Å². The Morgan fingerprint density at radius 3 is 2.81 bits per heavy atom. The molecule has 0 amide bonds. The first kappa shape index (κ1) is 19.9. The molecule has 32 heavy (non-hydrogen) atoms. The number of aromatic nitrogens is 4. The highest BCUT2D eigenvalue weighted by atomic mass is 35.5. The summed E-state index contributed by atoms with van der Waals surface area (Å²) in [5.74, 6) is 0.269. The number of anilines is 2. The van der Waals surface area contributed by atoms with E-state index in [1.54, 1.807) is 35.0 Å². The minimum atomic E-state index is -0.151. The largest absolute Gasteiger partial charge is 0.494 e. The molecule has 10 heteroatoms. The average Bonchev–Trinajstić information content (AvgIpc) is 3.42. The summed E-state index contributed by atoms with van der Waals surface area (Å²) in [5.41, 5.74) is 3.52. The Kier molecular flexibility index (Phi) is 4.72. The predicted molar refractivity (Wildman–Crippen MR) is 120 cm³/mol. The predicted octanol–water partition coefficient (Wildman–Crippen LogP) is 3.34. The molecule has 9 nitrogen and oxygen atoms in total. The van der Waals surface area contributed by atoms with Crippen LogP contribution in [0, 0.1) is 13.5 Å². The lowest BCUT2D eigenvalue weighted by molar-refractivity contribution is 0.425. The number of hydrogen-bond donors (Lipinski definition) is 4. The van der Waals surface area contributed by atoms with Crippen LogP contribution in [-0.2, 0) is 0 Å². The van der Waals surface area contributed by atoms with E-state index in [-0.39, 0.29) is 17.8 Å². The van der Waals surface area contributed by atoms with E-state index in [4.69, 9.17) is 28.1 Å². The van der Waals surface area contributed by atoms with Gasteiger partial charge in [-0.2, -0.15) is 9.61 Å². The summed E-state index contributed by atoms with van der Waals surface area (Å²) in [6, 6.07) is 6.70. The number of rotatable bonds is 4. The molecule has 0 bridgehead atoms. The highest BCUT2D eigenvalue weighted by molar-refractivity contribution is 6.33. The fourth-order valence-corrected chi connectivity index (χ4v) is 3.57. The van der Waals surface area contributed by atoms with Gasteiger partial charge in [-0.05, 0) is 38.0 Å². The van der Waals surface area contributed by atoms with Gasteiger partial charge in [0.1, 0.15) is 5.82 Å². The lowest BCUT2D eigenvalue weighted by Gasteiger charge is -2.11. The van der Waals surface area contributed by atoms with Gasteiger partial charge in [-0.25, -0.2) is 9.83 Å². The van der Waals surface area contributed by atoms with Crippen LogP contribution in [0.4, 0.5) is 17.2 Å². The van der Waals surface area contributed by atoms with Gasteiger partial charge in [0, 0.05) is 22.4 Å². The average molecular weight is 448 g/mol. The van der Waals surface area contributed by atoms with Crippen LogP contribution >= 0.6 is 11.6 Å². The number of aromatic amines is 1. The van der Waals surface area contributed by atoms with Gasteiger partial charge < -0.3 is 15.5 Å². The van der Waals surface area contributed by atoms with E-state index in [9.17, 15) is 10.2 Å². The van der Waals surface area contributed by atoms with E-state index < -0.39 is 0 Å². The molecule has 4 aromatic rings. The van der Waals surface area contributed by atoms with Crippen molar-refractivity contribution in [1.82, 2.24) is 19.6 Å². The van der Waals surface area contributed by atoms with Crippen molar-refractivity contribution in [2.24, 2.45) is 4.99 Å². The van der Waals surface area contributed by atoms with E-state index in [2.05, 4.69) is 20.2 Å². The van der Waals surface area contributed by atoms with Gasteiger partial charge in [0.05, 0.1) is 29.5 Å². The van der Waals surface area contributed by atoms with Crippen LogP contribution in [0.1, 0.15) is 24.0 Å². The molecule has 5 rings (SSSR count). The summed E-state index contributed by atoms with van der Waals surface area (Å²) < 4.78 is 1.68. The molecule has 160 valence electrons. The summed E-state index contributed by atoms with van der Waals surface area (Å²) in [4.78, 5) is 15.4. The van der Waals surface area contributed by atoms with Crippen molar-refractivity contribution in [3.05, 3.63) is 68.7 Å². The van der Waals surface area contributed by atoms with Crippen LogP contribution in [0.15, 0.2) is 35.5 Å². The quantitative estimate of drug-likeness (QED) is 0.358. The molecule has 0 radical (unpaired) electrons. The van der Waals surface area contributed by atoms with Crippen LogP contribution in [0.3, 0.4) is 0 Å². The maximum absolute atomic E-state index is 9.99. The number of nitrogens with zero attached hydrogens (tertiary/aromatic N) is 5. The van der Waals surface area contributed by atoms with Gasteiger partial charge in [-0.1, -0.05) is 17.7 Å². The zero-order valence-corrected chi connectivity index (χ0v) is 17.7. The van der Waals surface area contributed by atoms with E-state index in [1.807, 2.05) is 6.92 Å². The fraction of sp³-hybridized carbons (Fsp3) is 0.182. The molecule has 1 fully saturated rings. The number of benzene rings is 1. The van der Waals surface area contributed by atoms with Crippen molar-refractivity contribution in [1.29, 1.82) is 0 Å². The number of nitrogens with one attached hydrogen (secondary N) is 2. The summed E-state index contributed by atoms with van der Waals surface area (Å²) in [5, 5.41) is 28.4. The first-order valence-electron chi connectivity index (χ1n) is 9.92. The SMILES string of the molecule is [C-]#[N+]c1ccc(Nc2nc3c(=Cc4cc(O)[nH]c4O)cnn3c(=NC3CC3)c2C)c(Cl)c1. The molecule has 3 heterocycles. The maximum atomic E-state index is 9.99. The molecule has 1 saturated carbocycles. The third-order valence-corrected chi connectivity index (χ3v) is 5.50. The number of fused-ring (bicyclic) bond motifs is 1. The van der Waals surface area contributed by atoms with Gasteiger partial charge in [-0.3, -0.25) is 9.98 Å². The molecule has 3 aromatic heterocycles. The van der Waals surface area contributed by atoms with Crippen LogP contribution in [0.25, 0.3) is 16.6 Å². The first-order chi connectivity index (χ1) is 15.4. The van der Waals surface area contributed by atoms with Crippen molar-refractivity contribution in [3.8, 4) is 11.8 Å². The Morgan fingerprint density at radius 2 is 2.16 bits per heavy atom. The Balaban J connectivity index is 1.70. The first-order valence-corrected chi connectivity index (χ1v) is 10.3. The summed E-state index contributed by atoms with van der Waals surface area (Å²) in [7, 11) is 0. The summed E-state index contributed by atoms with van der Waals surface area (Å²) in [6.07, 6.45) is 5.39. The molecule has 0 spiro atoms. The molecule has 0 atom stereocenters. The van der Waals surface area contributed by atoms with Crippen LogP contribution < -0.4 is 16.0 Å². The standard InChI is InChI=1S/C22H18ClN7O2/c1-11-19(27-17-6-5-15(24-2)9-16(17)23)29-21-13(7-12-8-18(31)28-22(12)32)10-25-30(21)20(11)26-14-3-4-14/h5-10,14,27-28,31-32H,3-4H2,1H3. The van der Waals surface area contributed by atoms with Gasteiger partial charge in [-0.15, -0.1) is 0 Å². The molecule has 1 aliphatic carbocycles. The number of halogens is 1. The van der Waals surface area contributed by atoms with Crippen molar-refractivity contribution in [2.75, 3.05) is 5.32 Å². The topological polar surface area (TPSA) is 115 Å². The number of aromatic hydroxyl groups is 2. The van der Waals surface area contributed by atoms with Crippen LogP contribution in [-0.4, -0.2) is 35.8 Å². The van der Waals surface area contributed by atoms with Crippen molar-refractivity contribution < 1.29 is 10.2 Å². The monoisotopic (exact) mass is 447 g/mol. The number of hydrogen-bond acceptors (Lipinski definition) is 6. The Morgan fingerprint density at radius 1 is 1.34 bits per heavy atom. The Hall–Kier alpha value is -4.03. The van der Waals surface area contributed by atoms with Gasteiger partial charge in [0.25, 0.3) is 0 Å². The zero-order valence-electron chi connectivity index (χ0n) is 17.0. The second kappa shape index (κ2) is 7.59. The van der Waals surface area contributed by atoms with Crippen LogP contribution in [0.2, 0.25) is 5.02 Å². The molecular formula is C22H18ClN7O2. The Labute approximate surface area is 187 Å². The molecule has 0 aliphatic heterocycles. The van der Waals surface area contributed by atoms with E-state index in [0.717, 1.165) is 18.4 Å². The fourth-order valence-electron chi connectivity index (χ4n) is 3.35. The van der Waals surface area contributed by atoms with Crippen molar-refractivity contribution in [2.45, 2.75) is 25.8 Å². The van der Waals surface area contributed by atoms with Crippen LogP contribution in [0.5, 0.6) is 11.8 Å². The number of H-pyrrole nitrogens is 1. The molecular weight excluding hydrogens is 430 g/mol. The van der Waals surface area contributed by atoms with Gasteiger partial charge >= 0.3 is 0 Å². The van der Waals surface area contributed by atoms with E-state index in [1.165, 1.54) is 6.07 Å². The summed E-state index contributed by atoms with van der Waals surface area (Å²) >= 11 is 6.36. The third kappa shape index (κ3) is 3.61. The van der Waals surface area contributed by atoms with E-state index >= 15 is 0 Å². The van der Waals surface area contributed by atoms with E-state index in [0.29, 0.717) is 44.1 Å². The smallest absolute Gasteiger partial charge is 0.198 e. The van der Waals surface area contributed by atoms with Gasteiger partial charge in [0.2, 0.25) is 0 Å². The zero-order chi connectivity index (χ0) is 22.4. The second-order valence-electron chi connectivity index (χ2n) is 7.61. The lowest BCUT2D eigenvalue weighted by atomic mass is 10.2. The highest BCUT2D eigenvalue weighted by Crippen LogP contribution is 2.30. The highest BCUT2D eigenvalue weighted by Gasteiger charge is 2.21. The van der Waals surface area contributed by atoms with Crippen molar-refractivity contribution in [3.63, 3.8) is 0 Å². The molecule has 0 saturated heterocycles. The minimum Gasteiger partial charge on any atom is -0.494 e. The minimum absolute atomic E-state index is 0.140. The third-order valence-electron chi connectivity index (χ3n) is 5.19. The molecule has 1 aliphatic rings. The van der Waals surface area contributed by atoms with Crippen molar-refractivity contribution >= 4 is 40.5 Å². The maximum Gasteiger partial charge on any atom is 0.198 e. The summed E-state index contributed by atoms with van der Waals surface area (Å²) in [6.45, 7) is 9.06. The Bertz CT molecular complexity index is 1530.